The van der Waals surface area contributed by atoms with E-state index < -0.39 is 10.0 Å². The van der Waals surface area contributed by atoms with E-state index in [9.17, 15) is 8.42 Å². The van der Waals surface area contributed by atoms with Crippen LogP contribution >= 0.6 is 38.9 Å². The van der Waals surface area contributed by atoms with Gasteiger partial charge in [0.1, 0.15) is 9.90 Å². The Labute approximate surface area is 140 Å². The number of nitrogens with zero attached hydrogens (tertiary/aromatic N) is 1. The maximum Gasteiger partial charge on any atom is 0.271 e. The molecule has 0 atom stereocenters. The average molecular weight is 412 g/mol. The van der Waals surface area contributed by atoms with Crippen molar-refractivity contribution < 1.29 is 13.2 Å². The first-order chi connectivity index (χ1) is 9.79. The Morgan fingerprint density at radius 1 is 1.48 bits per heavy atom. The van der Waals surface area contributed by atoms with Crippen molar-refractivity contribution >= 4 is 54.6 Å². The standard InChI is InChI=1S/C12H12BrClN2O3S2/c1-7(2)19-12-9(4-3-5-15-12)16-21(17,18)10-6-8(14)11(13)20-10/h3-7,16H,1-2H3. The fourth-order valence-electron chi connectivity index (χ4n) is 1.44. The molecule has 0 saturated carbocycles. The molecule has 1 N–H and O–H groups in total. The van der Waals surface area contributed by atoms with E-state index in [1.165, 1.54) is 12.3 Å². The third kappa shape index (κ3) is 4.09. The average Bonchev–Trinajstić information content (AvgIpc) is 2.72. The largest absolute Gasteiger partial charge is 0.473 e. The summed E-state index contributed by atoms with van der Waals surface area (Å²) in [6, 6.07) is 4.60. The SMILES string of the molecule is CC(C)Oc1ncccc1NS(=O)(=O)c1cc(Cl)c(Br)s1. The van der Waals surface area contributed by atoms with Crippen molar-refractivity contribution in [2.24, 2.45) is 0 Å². The molecule has 0 unspecified atom stereocenters. The molecule has 21 heavy (non-hydrogen) atoms. The summed E-state index contributed by atoms with van der Waals surface area (Å²) in [5.74, 6) is 0.234. The van der Waals surface area contributed by atoms with Gasteiger partial charge >= 0.3 is 0 Å². The molecule has 0 aliphatic carbocycles. The zero-order valence-corrected chi connectivity index (χ0v) is 15.1. The lowest BCUT2D eigenvalue weighted by atomic mass is 10.4. The molecule has 2 aromatic rings. The minimum absolute atomic E-state index is 0.110. The van der Waals surface area contributed by atoms with Crippen LogP contribution in [0.1, 0.15) is 13.8 Å². The molecule has 0 aliphatic heterocycles. The molecule has 0 saturated heterocycles. The maximum absolute atomic E-state index is 12.3. The molecule has 114 valence electrons. The van der Waals surface area contributed by atoms with E-state index >= 15 is 0 Å². The second kappa shape index (κ2) is 6.51. The molecule has 0 fully saturated rings. The van der Waals surface area contributed by atoms with E-state index in [2.05, 4.69) is 25.6 Å². The quantitative estimate of drug-likeness (QED) is 0.802. The number of ether oxygens (including phenoxy) is 1. The smallest absolute Gasteiger partial charge is 0.271 e. The van der Waals surface area contributed by atoms with Crippen LogP contribution in [0.15, 0.2) is 32.4 Å². The normalized spacial score (nSPS) is 11.7. The minimum Gasteiger partial charge on any atom is -0.473 e. The summed E-state index contributed by atoms with van der Waals surface area (Å²) in [7, 11) is -3.74. The number of hydrogen-bond donors (Lipinski definition) is 1. The van der Waals surface area contributed by atoms with Crippen molar-refractivity contribution in [3.05, 3.63) is 33.2 Å². The Balaban J connectivity index is 2.33. The Kier molecular flexibility index (Phi) is 5.13. The topological polar surface area (TPSA) is 68.3 Å². The number of anilines is 1. The van der Waals surface area contributed by atoms with Crippen LogP contribution in [0.2, 0.25) is 5.02 Å². The van der Waals surface area contributed by atoms with Crippen LogP contribution in [0.3, 0.4) is 0 Å². The van der Waals surface area contributed by atoms with E-state index in [0.717, 1.165) is 11.3 Å². The van der Waals surface area contributed by atoms with Crippen molar-refractivity contribution in [2.45, 2.75) is 24.2 Å². The lowest BCUT2D eigenvalue weighted by Gasteiger charge is -2.13. The molecule has 0 radical (unpaired) electrons. The second-order valence-electron chi connectivity index (χ2n) is 4.32. The van der Waals surface area contributed by atoms with Crippen LogP contribution in [0.4, 0.5) is 5.69 Å². The monoisotopic (exact) mass is 410 g/mol. The van der Waals surface area contributed by atoms with Crippen molar-refractivity contribution in [3.8, 4) is 5.88 Å². The first-order valence-corrected chi connectivity index (χ1v) is 9.36. The fourth-order valence-corrected chi connectivity index (χ4v) is 4.90. The first-order valence-electron chi connectivity index (χ1n) is 5.89. The molecule has 0 amide bonds. The highest BCUT2D eigenvalue weighted by Crippen LogP contribution is 2.36. The fraction of sp³-hybridized carbons (Fsp3) is 0.250. The summed E-state index contributed by atoms with van der Waals surface area (Å²) in [4.78, 5) is 4.04. The summed E-state index contributed by atoms with van der Waals surface area (Å²) in [6.07, 6.45) is 1.42. The van der Waals surface area contributed by atoms with E-state index in [0.29, 0.717) is 8.81 Å². The van der Waals surface area contributed by atoms with Gasteiger partial charge in [0, 0.05) is 6.20 Å². The summed E-state index contributed by atoms with van der Waals surface area (Å²) < 4.78 is 33.3. The van der Waals surface area contributed by atoms with Crippen LogP contribution in [-0.2, 0) is 10.0 Å². The molecule has 0 spiro atoms. The van der Waals surface area contributed by atoms with E-state index in [1.54, 1.807) is 12.1 Å². The Bertz CT molecular complexity index is 727. The van der Waals surface area contributed by atoms with Gasteiger partial charge in [-0.05, 0) is 48.0 Å². The summed E-state index contributed by atoms with van der Waals surface area (Å²) in [5.41, 5.74) is 0.284. The molecule has 2 heterocycles. The maximum atomic E-state index is 12.3. The van der Waals surface area contributed by atoms with Gasteiger partial charge in [0.2, 0.25) is 5.88 Å². The predicted octanol–water partition coefficient (Wildman–Crippen LogP) is 4.15. The van der Waals surface area contributed by atoms with Gasteiger partial charge < -0.3 is 4.74 Å². The lowest BCUT2D eigenvalue weighted by Crippen LogP contribution is -2.15. The number of nitrogens with one attached hydrogen (secondary N) is 1. The van der Waals surface area contributed by atoms with Crippen molar-refractivity contribution in [2.75, 3.05) is 4.72 Å². The number of thiophene rings is 1. The zero-order valence-electron chi connectivity index (χ0n) is 11.1. The molecule has 9 heteroatoms. The molecule has 2 rings (SSSR count). The Hall–Kier alpha value is -0.830. The van der Waals surface area contributed by atoms with Gasteiger partial charge in [-0.3, -0.25) is 4.72 Å². The van der Waals surface area contributed by atoms with Gasteiger partial charge in [-0.2, -0.15) is 0 Å². The summed E-state index contributed by atoms with van der Waals surface area (Å²) in [5, 5.41) is 0.352. The molecular weight excluding hydrogens is 400 g/mol. The lowest BCUT2D eigenvalue weighted by molar-refractivity contribution is 0.234. The molecule has 2 aromatic heterocycles. The van der Waals surface area contributed by atoms with E-state index in [1.807, 2.05) is 13.8 Å². The third-order valence-electron chi connectivity index (χ3n) is 2.25. The summed E-state index contributed by atoms with van der Waals surface area (Å²) >= 11 is 10.1. The van der Waals surface area contributed by atoms with Crippen LogP contribution in [0.25, 0.3) is 0 Å². The second-order valence-corrected chi connectivity index (χ2v) is 9.00. The van der Waals surface area contributed by atoms with Gasteiger partial charge in [0.05, 0.1) is 14.9 Å². The third-order valence-corrected chi connectivity index (χ3v) is 6.56. The number of sulfonamides is 1. The van der Waals surface area contributed by atoms with Gasteiger partial charge in [0.25, 0.3) is 10.0 Å². The van der Waals surface area contributed by atoms with Gasteiger partial charge in [-0.15, -0.1) is 11.3 Å². The number of pyridine rings is 1. The Morgan fingerprint density at radius 2 is 2.19 bits per heavy atom. The highest BCUT2D eigenvalue weighted by Gasteiger charge is 2.21. The van der Waals surface area contributed by atoms with Crippen LogP contribution < -0.4 is 9.46 Å². The van der Waals surface area contributed by atoms with Crippen molar-refractivity contribution in [1.82, 2.24) is 4.98 Å². The molecular formula is C12H12BrClN2O3S2. The molecule has 5 nitrogen and oxygen atoms in total. The molecule has 0 aromatic carbocycles. The van der Waals surface area contributed by atoms with Crippen molar-refractivity contribution in [3.63, 3.8) is 0 Å². The number of aromatic nitrogens is 1. The van der Waals surface area contributed by atoms with E-state index in [4.69, 9.17) is 16.3 Å². The van der Waals surface area contributed by atoms with Gasteiger partial charge in [-0.1, -0.05) is 11.6 Å². The molecule has 0 bridgehead atoms. The number of hydrogen-bond acceptors (Lipinski definition) is 5. The molecule has 0 aliphatic rings. The van der Waals surface area contributed by atoms with Crippen molar-refractivity contribution in [1.29, 1.82) is 0 Å². The van der Waals surface area contributed by atoms with Crippen LogP contribution in [0, 0.1) is 0 Å². The highest BCUT2D eigenvalue weighted by atomic mass is 79.9. The number of halogens is 2. The van der Waals surface area contributed by atoms with Crippen LogP contribution in [0.5, 0.6) is 5.88 Å². The summed E-state index contributed by atoms with van der Waals surface area (Å²) in [6.45, 7) is 3.67. The number of rotatable bonds is 5. The first kappa shape index (κ1) is 16.5. The van der Waals surface area contributed by atoms with Crippen LogP contribution in [-0.4, -0.2) is 19.5 Å². The Morgan fingerprint density at radius 3 is 2.76 bits per heavy atom. The van der Waals surface area contributed by atoms with Gasteiger partial charge in [0.15, 0.2) is 0 Å². The zero-order chi connectivity index (χ0) is 15.6. The highest BCUT2D eigenvalue weighted by molar-refractivity contribution is 9.11. The minimum atomic E-state index is -3.74. The predicted molar refractivity (Wildman–Crippen MR) is 87.8 cm³/mol. The van der Waals surface area contributed by atoms with Gasteiger partial charge in [-0.25, -0.2) is 13.4 Å². The van der Waals surface area contributed by atoms with E-state index in [-0.39, 0.29) is 21.9 Å².